The van der Waals surface area contributed by atoms with Crippen LogP contribution in [0.4, 0.5) is 0 Å². The first-order chi connectivity index (χ1) is 11.3. The number of carbonyl (C=O) groups excluding carboxylic acids is 1. The molecule has 126 valence electrons. The zero-order valence-corrected chi connectivity index (χ0v) is 14.2. The Morgan fingerprint density at radius 3 is 2.65 bits per heavy atom. The van der Waals surface area contributed by atoms with Crippen LogP contribution in [0.5, 0.6) is 0 Å². The fourth-order valence-electron chi connectivity index (χ4n) is 3.26. The van der Waals surface area contributed by atoms with Gasteiger partial charge < -0.3 is 9.64 Å². The van der Waals surface area contributed by atoms with E-state index in [0.717, 1.165) is 24.3 Å². The lowest BCUT2D eigenvalue weighted by Gasteiger charge is -2.32. The Morgan fingerprint density at radius 2 is 1.91 bits per heavy atom. The Labute approximate surface area is 140 Å². The van der Waals surface area contributed by atoms with Crippen LogP contribution in [0.25, 0.3) is 0 Å². The second-order valence-corrected chi connectivity index (χ2v) is 7.57. The number of rotatable bonds is 5. The molecule has 2 aliphatic rings. The van der Waals surface area contributed by atoms with Gasteiger partial charge in [0, 0.05) is 30.3 Å². The fraction of sp³-hybridized carbons (Fsp3) is 0.588. The van der Waals surface area contributed by atoms with Crippen molar-refractivity contribution in [2.45, 2.75) is 23.8 Å². The van der Waals surface area contributed by atoms with Crippen molar-refractivity contribution in [1.29, 1.82) is 0 Å². The Balaban J connectivity index is 1.54. The predicted molar refractivity (Wildman–Crippen MR) is 89.7 cm³/mol. The second kappa shape index (κ2) is 8.04. The highest BCUT2D eigenvalue weighted by molar-refractivity contribution is 7.85. The largest absolute Gasteiger partial charge is 0.378 e. The van der Waals surface area contributed by atoms with Crippen molar-refractivity contribution in [2.75, 3.05) is 45.1 Å². The van der Waals surface area contributed by atoms with Crippen LogP contribution in [-0.2, 0) is 20.3 Å². The molecule has 2 saturated heterocycles. The molecule has 2 aliphatic heterocycles. The quantitative estimate of drug-likeness (QED) is 0.808. The highest BCUT2D eigenvalue weighted by Crippen LogP contribution is 2.20. The van der Waals surface area contributed by atoms with Crippen molar-refractivity contribution in [1.82, 2.24) is 9.80 Å². The zero-order valence-electron chi connectivity index (χ0n) is 13.4. The summed E-state index contributed by atoms with van der Waals surface area (Å²) < 4.78 is 17.7. The van der Waals surface area contributed by atoms with Crippen molar-refractivity contribution in [3.8, 4) is 0 Å². The Hall–Kier alpha value is -1.24. The predicted octanol–water partition coefficient (Wildman–Crippen LogP) is 1.12. The van der Waals surface area contributed by atoms with E-state index in [9.17, 15) is 9.00 Å². The number of nitrogens with zero attached hydrogens (tertiary/aromatic N) is 2. The molecule has 0 saturated carbocycles. The molecule has 2 fully saturated rings. The van der Waals surface area contributed by atoms with E-state index >= 15 is 0 Å². The Bertz CT molecular complexity index is 546. The van der Waals surface area contributed by atoms with Crippen LogP contribution in [0.3, 0.4) is 0 Å². The molecule has 0 bridgehead atoms. The molecule has 0 aromatic heterocycles. The third-order valence-electron chi connectivity index (χ3n) is 4.54. The fourth-order valence-corrected chi connectivity index (χ4v) is 4.35. The number of carbonyl (C=O) groups is 1. The van der Waals surface area contributed by atoms with Gasteiger partial charge in [0.15, 0.2) is 0 Å². The molecule has 0 radical (unpaired) electrons. The van der Waals surface area contributed by atoms with Crippen LogP contribution in [0.15, 0.2) is 35.2 Å². The van der Waals surface area contributed by atoms with E-state index in [1.165, 1.54) is 0 Å². The molecule has 5 nitrogen and oxygen atoms in total. The highest BCUT2D eigenvalue weighted by atomic mass is 32.2. The van der Waals surface area contributed by atoms with E-state index in [1.807, 2.05) is 35.2 Å². The number of amides is 1. The summed E-state index contributed by atoms with van der Waals surface area (Å²) >= 11 is 0. The summed E-state index contributed by atoms with van der Waals surface area (Å²) in [4.78, 5) is 17.7. The first kappa shape index (κ1) is 16.6. The van der Waals surface area contributed by atoms with Crippen LogP contribution < -0.4 is 0 Å². The third-order valence-corrected chi connectivity index (χ3v) is 5.89. The molecule has 0 aliphatic carbocycles. The zero-order chi connectivity index (χ0) is 16.1. The van der Waals surface area contributed by atoms with Crippen LogP contribution in [-0.4, -0.2) is 71.1 Å². The first-order valence-corrected chi connectivity index (χ1v) is 9.61. The van der Waals surface area contributed by atoms with Gasteiger partial charge in [-0.3, -0.25) is 13.9 Å². The molecule has 2 atom stereocenters. The van der Waals surface area contributed by atoms with E-state index in [0.29, 0.717) is 38.6 Å². The maximum absolute atomic E-state index is 12.7. The topological polar surface area (TPSA) is 49.9 Å². The van der Waals surface area contributed by atoms with E-state index in [-0.39, 0.29) is 11.9 Å². The number of hydrogen-bond donors (Lipinski definition) is 0. The maximum atomic E-state index is 12.7. The summed E-state index contributed by atoms with van der Waals surface area (Å²) in [5, 5.41) is 0. The standard InChI is InChI=1S/C17H24N2O3S/c20-17(19-9-12-22-13-10-19)16-7-4-8-18(16)11-14-23(21)15-5-2-1-3-6-15/h1-3,5-6,16H,4,7-14H2. The smallest absolute Gasteiger partial charge is 0.240 e. The lowest BCUT2D eigenvalue weighted by Crippen LogP contribution is -2.50. The van der Waals surface area contributed by atoms with Crippen molar-refractivity contribution >= 4 is 16.7 Å². The Kier molecular flexibility index (Phi) is 5.80. The van der Waals surface area contributed by atoms with Gasteiger partial charge in [-0.1, -0.05) is 18.2 Å². The minimum Gasteiger partial charge on any atom is -0.378 e. The van der Waals surface area contributed by atoms with Gasteiger partial charge in [-0.15, -0.1) is 0 Å². The van der Waals surface area contributed by atoms with Crippen molar-refractivity contribution < 1.29 is 13.7 Å². The highest BCUT2D eigenvalue weighted by Gasteiger charge is 2.34. The molecule has 6 heteroatoms. The average Bonchev–Trinajstić information content (AvgIpc) is 3.09. The number of benzene rings is 1. The van der Waals surface area contributed by atoms with Crippen LogP contribution in [0, 0.1) is 0 Å². The summed E-state index contributed by atoms with van der Waals surface area (Å²) in [6.45, 7) is 4.29. The molecular formula is C17H24N2O3S. The van der Waals surface area contributed by atoms with Crippen molar-refractivity contribution in [3.63, 3.8) is 0 Å². The SMILES string of the molecule is O=C(C1CCCN1CCS(=O)c1ccccc1)N1CCOCC1. The van der Waals surface area contributed by atoms with Crippen LogP contribution in [0.1, 0.15) is 12.8 Å². The molecular weight excluding hydrogens is 312 g/mol. The number of hydrogen-bond acceptors (Lipinski definition) is 4. The molecule has 0 spiro atoms. The van der Waals surface area contributed by atoms with Crippen LogP contribution >= 0.6 is 0 Å². The lowest BCUT2D eigenvalue weighted by molar-refractivity contribution is -0.140. The van der Waals surface area contributed by atoms with Gasteiger partial charge in [-0.2, -0.15) is 0 Å². The molecule has 2 unspecified atom stereocenters. The van der Waals surface area contributed by atoms with E-state index in [1.54, 1.807) is 0 Å². The normalized spacial score (nSPS) is 23.8. The molecule has 0 N–H and O–H groups in total. The molecule has 1 aromatic carbocycles. The summed E-state index contributed by atoms with van der Waals surface area (Å²) in [6.07, 6.45) is 1.95. The lowest BCUT2D eigenvalue weighted by atomic mass is 10.2. The monoisotopic (exact) mass is 336 g/mol. The minimum atomic E-state index is -0.999. The summed E-state index contributed by atoms with van der Waals surface area (Å²) in [7, 11) is -0.999. The van der Waals surface area contributed by atoms with Gasteiger partial charge in [0.05, 0.1) is 30.1 Å². The Morgan fingerprint density at radius 1 is 1.17 bits per heavy atom. The molecule has 1 amide bonds. The average molecular weight is 336 g/mol. The first-order valence-electron chi connectivity index (χ1n) is 8.30. The minimum absolute atomic E-state index is 0.0409. The molecule has 1 aromatic rings. The third kappa shape index (κ3) is 4.19. The van der Waals surface area contributed by atoms with Gasteiger partial charge in [0.1, 0.15) is 0 Å². The molecule has 3 rings (SSSR count). The molecule has 23 heavy (non-hydrogen) atoms. The van der Waals surface area contributed by atoms with Crippen LogP contribution in [0.2, 0.25) is 0 Å². The van der Waals surface area contributed by atoms with Gasteiger partial charge in [-0.05, 0) is 31.5 Å². The summed E-state index contributed by atoms with van der Waals surface area (Å²) in [5.41, 5.74) is 0. The number of likely N-dealkylation sites (tertiary alicyclic amines) is 1. The maximum Gasteiger partial charge on any atom is 0.240 e. The van der Waals surface area contributed by atoms with Gasteiger partial charge in [0.2, 0.25) is 5.91 Å². The number of ether oxygens (including phenoxy) is 1. The summed E-state index contributed by atoms with van der Waals surface area (Å²) in [5.74, 6) is 0.799. The van der Waals surface area contributed by atoms with E-state index < -0.39 is 10.8 Å². The number of morpholine rings is 1. The van der Waals surface area contributed by atoms with Gasteiger partial charge >= 0.3 is 0 Å². The second-order valence-electron chi connectivity index (χ2n) is 5.99. The van der Waals surface area contributed by atoms with E-state index in [4.69, 9.17) is 4.74 Å². The van der Waals surface area contributed by atoms with Crippen molar-refractivity contribution in [3.05, 3.63) is 30.3 Å². The summed E-state index contributed by atoms with van der Waals surface area (Å²) in [6, 6.07) is 9.51. The molecule has 2 heterocycles. The van der Waals surface area contributed by atoms with E-state index in [2.05, 4.69) is 4.90 Å². The van der Waals surface area contributed by atoms with Crippen molar-refractivity contribution in [2.24, 2.45) is 0 Å². The van der Waals surface area contributed by atoms with Gasteiger partial charge in [-0.25, -0.2) is 0 Å². The van der Waals surface area contributed by atoms with Gasteiger partial charge in [0.25, 0.3) is 0 Å².